The van der Waals surface area contributed by atoms with Crippen LogP contribution in [0.4, 0.5) is 5.82 Å². The van der Waals surface area contributed by atoms with E-state index in [1.807, 2.05) is 12.1 Å². The molecule has 1 saturated heterocycles. The number of hydrogen-bond acceptors (Lipinski definition) is 5. The predicted octanol–water partition coefficient (Wildman–Crippen LogP) is 3.74. The van der Waals surface area contributed by atoms with Gasteiger partial charge in [0.25, 0.3) is 0 Å². The predicted molar refractivity (Wildman–Crippen MR) is 115 cm³/mol. The van der Waals surface area contributed by atoms with Crippen molar-refractivity contribution in [3.8, 4) is 5.75 Å². The monoisotopic (exact) mass is 400 g/mol. The zero-order chi connectivity index (χ0) is 20.1. The van der Waals surface area contributed by atoms with E-state index in [2.05, 4.69) is 48.2 Å². The molecule has 30 heavy (non-hydrogen) atoms. The van der Waals surface area contributed by atoms with Gasteiger partial charge in [-0.3, -0.25) is 4.90 Å². The van der Waals surface area contributed by atoms with Crippen molar-refractivity contribution in [1.82, 2.24) is 19.9 Å². The van der Waals surface area contributed by atoms with Crippen molar-refractivity contribution in [2.45, 2.75) is 43.3 Å². The van der Waals surface area contributed by atoms with E-state index in [1.54, 1.807) is 6.33 Å². The summed E-state index contributed by atoms with van der Waals surface area (Å²) in [5.41, 5.74) is 3.29. The van der Waals surface area contributed by atoms with Gasteiger partial charge in [-0.25, -0.2) is 16.5 Å². The van der Waals surface area contributed by atoms with E-state index in [1.165, 1.54) is 18.5 Å². The maximum Gasteiger partial charge on any atom is 0.237 e. The molecule has 2 N–H and O–H groups in total. The molecule has 0 bridgehead atoms. The SMILES string of the molecule is [C-]#[N+]C1CCN(C2COc3ccccc3C2Nc2ncnc3[nH]c(C4CC4)cc23)C1. The fourth-order valence-electron chi connectivity index (χ4n) is 4.85. The topological polar surface area (TPSA) is 70.4 Å². The summed E-state index contributed by atoms with van der Waals surface area (Å²) in [5.74, 6) is 2.42. The molecule has 6 rings (SSSR count). The van der Waals surface area contributed by atoms with Crippen LogP contribution in [-0.4, -0.2) is 51.6 Å². The fourth-order valence-corrected chi connectivity index (χ4v) is 4.85. The second-order valence-corrected chi connectivity index (χ2v) is 8.59. The summed E-state index contributed by atoms with van der Waals surface area (Å²) in [4.78, 5) is 18.7. The summed E-state index contributed by atoms with van der Waals surface area (Å²) in [5, 5.41) is 4.79. The van der Waals surface area contributed by atoms with Crippen LogP contribution >= 0.6 is 0 Å². The van der Waals surface area contributed by atoms with E-state index < -0.39 is 0 Å². The van der Waals surface area contributed by atoms with Crippen LogP contribution in [0.25, 0.3) is 15.9 Å². The molecular formula is C23H24N6O. The normalized spacial score (nSPS) is 26.2. The average molecular weight is 400 g/mol. The van der Waals surface area contributed by atoms with Gasteiger partial charge in [0.1, 0.15) is 30.1 Å². The van der Waals surface area contributed by atoms with Crippen molar-refractivity contribution in [2.75, 3.05) is 25.0 Å². The number of rotatable bonds is 4. The van der Waals surface area contributed by atoms with Gasteiger partial charge in [0, 0.05) is 24.2 Å². The molecule has 1 aromatic carbocycles. The van der Waals surface area contributed by atoms with Crippen LogP contribution in [-0.2, 0) is 0 Å². The Hall–Kier alpha value is -3.11. The third-order valence-corrected chi connectivity index (χ3v) is 6.65. The zero-order valence-electron chi connectivity index (χ0n) is 16.7. The summed E-state index contributed by atoms with van der Waals surface area (Å²) in [6.07, 6.45) is 5.04. The first-order chi connectivity index (χ1) is 14.8. The summed E-state index contributed by atoms with van der Waals surface area (Å²) in [6, 6.07) is 10.7. The van der Waals surface area contributed by atoms with E-state index in [0.29, 0.717) is 12.5 Å². The minimum Gasteiger partial charge on any atom is -0.491 e. The number of aromatic amines is 1. The van der Waals surface area contributed by atoms with Gasteiger partial charge in [-0.05, 0) is 30.9 Å². The lowest BCUT2D eigenvalue weighted by Crippen LogP contribution is -2.47. The van der Waals surface area contributed by atoms with Crippen LogP contribution in [0.2, 0.25) is 0 Å². The molecule has 3 aliphatic rings. The molecule has 0 radical (unpaired) electrons. The van der Waals surface area contributed by atoms with Gasteiger partial charge >= 0.3 is 0 Å². The molecule has 3 aromatic rings. The summed E-state index contributed by atoms with van der Waals surface area (Å²) in [6.45, 7) is 9.75. The minimum absolute atomic E-state index is 0.0387. The van der Waals surface area contributed by atoms with Crippen molar-refractivity contribution in [3.05, 3.63) is 59.3 Å². The zero-order valence-corrected chi connectivity index (χ0v) is 16.7. The van der Waals surface area contributed by atoms with Gasteiger partial charge in [-0.1, -0.05) is 18.2 Å². The number of aromatic nitrogens is 3. The molecule has 152 valence electrons. The third-order valence-electron chi connectivity index (χ3n) is 6.65. The largest absolute Gasteiger partial charge is 0.491 e. The minimum atomic E-state index is 0.0387. The van der Waals surface area contributed by atoms with Crippen molar-refractivity contribution in [2.24, 2.45) is 0 Å². The Kier molecular flexibility index (Phi) is 4.13. The number of ether oxygens (including phenoxy) is 1. The molecule has 1 saturated carbocycles. The van der Waals surface area contributed by atoms with Crippen LogP contribution in [0, 0.1) is 6.57 Å². The van der Waals surface area contributed by atoms with Gasteiger partial charge < -0.3 is 19.9 Å². The highest BCUT2D eigenvalue weighted by atomic mass is 16.5. The first-order valence-corrected chi connectivity index (χ1v) is 10.7. The van der Waals surface area contributed by atoms with Crippen molar-refractivity contribution in [1.29, 1.82) is 0 Å². The standard InChI is InChI=1S/C23H24N6O/c1-24-15-8-9-29(11-15)19-12-30-20-5-3-2-4-16(20)21(19)28-23-17-10-18(14-6-7-14)27-22(17)25-13-26-23/h2-5,10,13-15,19,21H,6-9,11-12H2,(H2,25,26,27,28). The third kappa shape index (κ3) is 2.99. The maximum absolute atomic E-state index is 7.41. The van der Waals surface area contributed by atoms with E-state index in [0.717, 1.165) is 47.7 Å². The first kappa shape index (κ1) is 17.7. The summed E-state index contributed by atoms with van der Waals surface area (Å²) < 4.78 is 6.12. The van der Waals surface area contributed by atoms with Crippen LogP contribution in [0.5, 0.6) is 5.75 Å². The quantitative estimate of drug-likeness (QED) is 0.653. The highest BCUT2D eigenvalue weighted by Crippen LogP contribution is 2.42. The number of likely N-dealkylation sites (tertiary alicyclic amines) is 1. The molecule has 2 aromatic heterocycles. The number of fused-ring (bicyclic) bond motifs is 2. The number of nitrogens with zero attached hydrogens (tertiary/aromatic N) is 4. The van der Waals surface area contributed by atoms with Gasteiger partial charge in [0.2, 0.25) is 6.04 Å². The lowest BCUT2D eigenvalue weighted by atomic mass is 9.95. The van der Waals surface area contributed by atoms with E-state index in [9.17, 15) is 0 Å². The second kappa shape index (κ2) is 6.99. The number of hydrogen-bond donors (Lipinski definition) is 2. The Morgan fingerprint density at radius 1 is 1.20 bits per heavy atom. The van der Waals surface area contributed by atoms with Crippen LogP contribution in [0.1, 0.15) is 42.5 Å². The Bertz CT molecular complexity index is 1130. The summed E-state index contributed by atoms with van der Waals surface area (Å²) in [7, 11) is 0. The average Bonchev–Trinajstić information content (AvgIpc) is 3.35. The van der Waals surface area contributed by atoms with Crippen LogP contribution in [0.15, 0.2) is 36.7 Å². The molecule has 2 fully saturated rings. The fraction of sp³-hybridized carbons (Fsp3) is 0.435. The molecule has 0 amide bonds. The molecule has 2 aliphatic heterocycles. The Morgan fingerprint density at radius 2 is 2.10 bits per heavy atom. The van der Waals surface area contributed by atoms with Crippen molar-refractivity contribution < 1.29 is 4.74 Å². The van der Waals surface area contributed by atoms with E-state index in [-0.39, 0.29) is 18.1 Å². The number of H-pyrrole nitrogens is 1. The first-order valence-electron chi connectivity index (χ1n) is 10.7. The highest BCUT2D eigenvalue weighted by Gasteiger charge is 2.40. The molecule has 3 unspecified atom stereocenters. The Labute approximate surface area is 175 Å². The Balaban J connectivity index is 1.37. The number of benzene rings is 1. The van der Waals surface area contributed by atoms with Gasteiger partial charge in [0.15, 0.2) is 0 Å². The molecule has 4 heterocycles. The molecule has 7 nitrogen and oxygen atoms in total. The molecule has 3 atom stereocenters. The van der Waals surface area contributed by atoms with Gasteiger partial charge in [0.05, 0.1) is 24.0 Å². The highest BCUT2D eigenvalue weighted by molar-refractivity contribution is 5.88. The summed E-state index contributed by atoms with van der Waals surface area (Å²) >= 11 is 0. The van der Waals surface area contributed by atoms with Crippen molar-refractivity contribution in [3.63, 3.8) is 0 Å². The van der Waals surface area contributed by atoms with E-state index in [4.69, 9.17) is 11.3 Å². The van der Waals surface area contributed by atoms with Gasteiger partial charge in [-0.2, -0.15) is 0 Å². The Morgan fingerprint density at radius 3 is 2.93 bits per heavy atom. The second-order valence-electron chi connectivity index (χ2n) is 8.59. The lowest BCUT2D eigenvalue weighted by molar-refractivity contribution is 0.124. The van der Waals surface area contributed by atoms with Crippen molar-refractivity contribution >= 4 is 16.9 Å². The molecular weight excluding hydrogens is 376 g/mol. The molecule has 0 spiro atoms. The molecule has 7 heteroatoms. The van der Waals surface area contributed by atoms with Crippen LogP contribution < -0.4 is 10.1 Å². The van der Waals surface area contributed by atoms with Crippen LogP contribution in [0.3, 0.4) is 0 Å². The van der Waals surface area contributed by atoms with E-state index >= 15 is 0 Å². The lowest BCUT2D eigenvalue weighted by Gasteiger charge is -2.39. The number of anilines is 1. The smallest absolute Gasteiger partial charge is 0.237 e. The maximum atomic E-state index is 7.41. The number of nitrogens with one attached hydrogen (secondary N) is 2. The van der Waals surface area contributed by atoms with Gasteiger partial charge in [-0.15, -0.1) is 0 Å². The number of para-hydroxylation sites is 1. The molecule has 1 aliphatic carbocycles.